The summed E-state index contributed by atoms with van der Waals surface area (Å²) >= 11 is 0. The van der Waals surface area contributed by atoms with Crippen LogP contribution in [0, 0.1) is 24.4 Å². The van der Waals surface area contributed by atoms with E-state index < -0.39 is 29.6 Å². The van der Waals surface area contributed by atoms with Gasteiger partial charge in [0, 0.05) is 44.9 Å². The summed E-state index contributed by atoms with van der Waals surface area (Å²) in [6.45, 7) is 2.81. The lowest BCUT2D eigenvalue weighted by Crippen LogP contribution is -2.47. The fourth-order valence-corrected chi connectivity index (χ4v) is 7.23. The van der Waals surface area contributed by atoms with Crippen molar-refractivity contribution in [2.75, 3.05) is 44.6 Å². The van der Waals surface area contributed by atoms with Crippen LogP contribution in [0.1, 0.15) is 12.2 Å². The molecule has 2 aliphatic rings. The Kier molecular flexibility index (Phi) is 7.97. The highest BCUT2D eigenvalue weighted by atomic mass is 19.2. The zero-order valence-electron chi connectivity index (χ0n) is 28.1. The number of aryl methyl sites for hydroxylation is 1. The smallest absolute Gasteiger partial charge is 0.245 e. The number of hydrogen-bond acceptors (Lipinski definition) is 10. The lowest BCUT2D eigenvalue weighted by Gasteiger charge is -2.30. The van der Waals surface area contributed by atoms with Crippen LogP contribution in [0.2, 0.25) is 0 Å². The Morgan fingerprint density at radius 3 is 2.65 bits per heavy atom. The summed E-state index contributed by atoms with van der Waals surface area (Å²) in [7, 11) is 4.57. The maximum atomic E-state index is 15.0. The van der Waals surface area contributed by atoms with Crippen molar-refractivity contribution in [1.82, 2.24) is 39.2 Å². The van der Waals surface area contributed by atoms with Crippen LogP contribution < -0.4 is 15.0 Å². The summed E-state index contributed by atoms with van der Waals surface area (Å²) in [6, 6.07) is 9.81. The third-order valence-corrected chi connectivity index (χ3v) is 9.61. The van der Waals surface area contributed by atoms with Crippen molar-refractivity contribution >= 4 is 39.6 Å². The Morgan fingerprint density at radius 1 is 1.00 bits per heavy atom. The van der Waals surface area contributed by atoms with Crippen LogP contribution >= 0.6 is 0 Å². The number of nitrogens with one attached hydrogen (secondary N) is 1. The highest BCUT2D eigenvalue weighted by molar-refractivity contribution is 5.94. The van der Waals surface area contributed by atoms with E-state index >= 15 is 0 Å². The normalized spacial score (nSPS) is 19.4. The minimum atomic E-state index is -1.15. The Labute approximate surface area is 289 Å². The molecule has 1 N–H and O–H groups in total. The number of nitrogens with zero attached hydrogens (tertiary/aromatic N) is 9. The molecule has 6 aromatic rings. The molecule has 0 saturated carbocycles. The number of imidazole rings is 1. The van der Waals surface area contributed by atoms with Crippen LogP contribution in [0.25, 0.3) is 39.0 Å². The molecular weight excluding hydrogens is 665 g/mol. The van der Waals surface area contributed by atoms with E-state index in [-0.39, 0.29) is 29.9 Å². The third-order valence-electron chi connectivity index (χ3n) is 9.61. The maximum Gasteiger partial charge on any atom is 0.245 e. The number of amides is 1. The Balaban J connectivity index is 1.22. The van der Waals surface area contributed by atoms with Gasteiger partial charge in [0.05, 0.1) is 48.1 Å². The first-order valence-corrected chi connectivity index (χ1v) is 16.3. The summed E-state index contributed by atoms with van der Waals surface area (Å²) in [4.78, 5) is 36.5. The number of anilines is 2. The van der Waals surface area contributed by atoms with Gasteiger partial charge in [0.1, 0.15) is 41.3 Å². The fourth-order valence-electron chi connectivity index (χ4n) is 7.23. The van der Waals surface area contributed by atoms with E-state index in [2.05, 4.69) is 25.4 Å². The molecule has 16 heteroatoms. The van der Waals surface area contributed by atoms with Gasteiger partial charge in [0.2, 0.25) is 11.7 Å². The first kappa shape index (κ1) is 32.4. The van der Waals surface area contributed by atoms with Gasteiger partial charge in [-0.15, -0.1) is 0 Å². The molecule has 4 aromatic heterocycles. The van der Waals surface area contributed by atoms with E-state index in [0.717, 1.165) is 11.6 Å². The van der Waals surface area contributed by atoms with Gasteiger partial charge in [-0.05, 0) is 43.7 Å². The molecule has 1 saturated heterocycles. The minimum absolute atomic E-state index is 0.147. The van der Waals surface area contributed by atoms with E-state index in [0.29, 0.717) is 64.8 Å². The Hall–Kier alpha value is -5.77. The summed E-state index contributed by atoms with van der Waals surface area (Å²) in [6.07, 6.45) is 2.84. The second kappa shape index (κ2) is 12.5. The van der Waals surface area contributed by atoms with E-state index in [4.69, 9.17) is 14.5 Å². The predicted molar refractivity (Wildman–Crippen MR) is 182 cm³/mol. The van der Waals surface area contributed by atoms with Crippen LogP contribution in [0.3, 0.4) is 0 Å². The Bertz CT molecular complexity index is 2330. The summed E-state index contributed by atoms with van der Waals surface area (Å²) in [5, 5.41) is 8.43. The number of aromatic nitrogens is 7. The molecule has 2 aliphatic heterocycles. The van der Waals surface area contributed by atoms with Gasteiger partial charge in [0.25, 0.3) is 0 Å². The van der Waals surface area contributed by atoms with Crippen molar-refractivity contribution < 1.29 is 27.4 Å². The SMILES string of the molecule is COc1c(-n2ncc3c(N4C[C@@H]5C[C@H]4C(=O)N(C)C[C@H](OC)Cn4c(C)nc6cc(F)cc(c64)-c4cccc(n4)N5)ncnc32)ccc(F)c1F. The van der Waals surface area contributed by atoms with E-state index in [1.807, 2.05) is 34.6 Å². The van der Waals surface area contributed by atoms with Crippen LogP contribution in [0.5, 0.6) is 5.75 Å². The average molecular weight is 699 g/mol. The molecule has 1 amide bonds. The zero-order valence-corrected chi connectivity index (χ0v) is 28.1. The third kappa shape index (κ3) is 5.46. The summed E-state index contributed by atoms with van der Waals surface area (Å²) < 4.78 is 58.2. The number of ether oxygens (including phenoxy) is 2. The number of rotatable bonds is 4. The number of methoxy groups -OCH3 is 2. The van der Waals surface area contributed by atoms with Gasteiger partial charge >= 0.3 is 0 Å². The molecule has 0 radical (unpaired) electrons. The predicted octanol–water partition coefficient (Wildman–Crippen LogP) is 4.51. The van der Waals surface area contributed by atoms with Crippen molar-refractivity contribution in [2.24, 2.45) is 0 Å². The standard InChI is InChI=1S/C35H33F3N10O3/c1-18-42-26-11-19(36)10-22-25-6-5-7-29(44-25)43-20-12-28(35(49)45(2)15-21(50-3)16-46(18)31(22)26)47(14-20)33-23-13-41-48(34(23)40-17-39-33)27-9-8-24(37)30(38)32(27)51-4/h5-11,13,17,20-21,28H,12,14-16H2,1-4H3,(H,43,44)/t20-,21-,28-/m0/s1. The Morgan fingerprint density at radius 2 is 1.84 bits per heavy atom. The topological polar surface area (TPSA) is 128 Å². The highest BCUT2D eigenvalue weighted by Crippen LogP contribution is 2.36. The molecule has 4 bridgehead atoms. The molecule has 262 valence electrons. The van der Waals surface area contributed by atoms with Crippen LogP contribution in [-0.2, 0) is 16.1 Å². The fraction of sp³-hybridized carbons (Fsp3) is 0.314. The lowest BCUT2D eigenvalue weighted by molar-refractivity contribution is -0.132. The van der Waals surface area contributed by atoms with Crippen molar-refractivity contribution in [2.45, 2.75) is 38.1 Å². The van der Waals surface area contributed by atoms with Crippen LogP contribution in [0.15, 0.2) is 55.0 Å². The van der Waals surface area contributed by atoms with Crippen molar-refractivity contribution in [3.63, 3.8) is 0 Å². The van der Waals surface area contributed by atoms with Crippen LogP contribution in [-0.4, -0.2) is 97.6 Å². The largest absolute Gasteiger partial charge is 0.491 e. The number of carbonyl (C=O) groups is 1. The van der Waals surface area contributed by atoms with Crippen molar-refractivity contribution in [1.29, 1.82) is 0 Å². The molecule has 0 spiro atoms. The molecule has 2 aromatic carbocycles. The monoisotopic (exact) mass is 698 g/mol. The number of hydrogen-bond donors (Lipinski definition) is 1. The highest BCUT2D eigenvalue weighted by Gasteiger charge is 2.41. The van der Waals surface area contributed by atoms with Gasteiger partial charge in [-0.3, -0.25) is 4.79 Å². The zero-order chi connectivity index (χ0) is 35.6. The van der Waals surface area contributed by atoms with Gasteiger partial charge in [-0.25, -0.2) is 33.4 Å². The number of pyridine rings is 1. The average Bonchev–Trinajstić information content (AvgIpc) is 3.83. The number of benzene rings is 2. The molecule has 51 heavy (non-hydrogen) atoms. The molecule has 0 aliphatic carbocycles. The molecule has 1 fully saturated rings. The molecular formula is C35H33F3N10O3. The molecule has 3 atom stereocenters. The van der Waals surface area contributed by atoms with Crippen molar-refractivity contribution in [3.8, 4) is 22.7 Å². The molecule has 0 unspecified atom stereocenters. The summed E-state index contributed by atoms with van der Waals surface area (Å²) in [5.41, 5.74) is 2.84. The van der Waals surface area contributed by atoms with E-state index in [1.165, 1.54) is 42.5 Å². The first-order chi connectivity index (χ1) is 24.6. The maximum absolute atomic E-state index is 15.0. The summed E-state index contributed by atoms with van der Waals surface area (Å²) in [5.74, 6) is -1.46. The number of halogens is 3. The number of fused-ring (bicyclic) bond motifs is 6. The van der Waals surface area contributed by atoms with E-state index in [9.17, 15) is 18.0 Å². The second-order valence-electron chi connectivity index (χ2n) is 12.7. The molecule has 13 nitrogen and oxygen atoms in total. The van der Waals surface area contributed by atoms with Gasteiger partial charge < -0.3 is 29.2 Å². The van der Waals surface area contributed by atoms with Gasteiger partial charge in [-0.2, -0.15) is 9.49 Å². The first-order valence-electron chi connectivity index (χ1n) is 16.3. The second-order valence-corrected chi connectivity index (χ2v) is 12.7. The van der Waals surface area contributed by atoms with Crippen LogP contribution in [0.4, 0.5) is 24.8 Å². The van der Waals surface area contributed by atoms with Gasteiger partial charge in [0.15, 0.2) is 17.2 Å². The molecule has 6 heterocycles. The number of likely N-dealkylation sites (N-methyl/N-ethyl adjacent to an activating group) is 1. The van der Waals surface area contributed by atoms with Crippen molar-refractivity contribution in [3.05, 3.63) is 78.3 Å². The number of carbonyl (C=O) groups excluding carboxylic acids is 1. The molecule has 8 rings (SSSR count). The van der Waals surface area contributed by atoms with Gasteiger partial charge in [-0.1, -0.05) is 6.07 Å². The quantitative estimate of drug-likeness (QED) is 0.281. The minimum Gasteiger partial charge on any atom is -0.491 e. The van der Waals surface area contributed by atoms with E-state index in [1.54, 1.807) is 19.1 Å². The lowest BCUT2D eigenvalue weighted by atomic mass is 10.1.